The van der Waals surface area contributed by atoms with E-state index in [-0.39, 0.29) is 28.6 Å². The SMILES string of the molecule is Cc1cc(C=C2C(=O)N(C)C(=S)N(C)C2=O)c(C)n1C[C@@H]1CCCO1. The first-order valence-corrected chi connectivity index (χ1v) is 8.82. The molecular formula is C18H23N3O3S. The molecule has 7 heteroatoms. The molecule has 0 spiro atoms. The first-order chi connectivity index (χ1) is 11.8. The largest absolute Gasteiger partial charge is 0.376 e. The molecule has 0 bridgehead atoms. The Balaban J connectivity index is 1.94. The fraction of sp³-hybridized carbons (Fsp3) is 0.500. The van der Waals surface area contributed by atoms with Gasteiger partial charge in [-0.05, 0) is 56.6 Å². The Morgan fingerprint density at radius 2 is 1.88 bits per heavy atom. The zero-order chi connectivity index (χ0) is 18.3. The maximum Gasteiger partial charge on any atom is 0.265 e. The Kier molecular flexibility index (Phi) is 4.79. The summed E-state index contributed by atoms with van der Waals surface area (Å²) < 4.78 is 7.92. The van der Waals surface area contributed by atoms with E-state index >= 15 is 0 Å². The van der Waals surface area contributed by atoms with E-state index in [9.17, 15) is 9.59 Å². The van der Waals surface area contributed by atoms with Crippen LogP contribution in [0.3, 0.4) is 0 Å². The zero-order valence-corrected chi connectivity index (χ0v) is 15.9. The summed E-state index contributed by atoms with van der Waals surface area (Å²) in [6.07, 6.45) is 4.08. The summed E-state index contributed by atoms with van der Waals surface area (Å²) in [4.78, 5) is 27.6. The van der Waals surface area contributed by atoms with Gasteiger partial charge in [-0.3, -0.25) is 19.4 Å². The van der Waals surface area contributed by atoms with Crippen molar-refractivity contribution < 1.29 is 14.3 Å². The molecule has 2 aliphatic heterocycles. The molecule has 3 heterocycles. The Labute approximate surface area is 153 Å². The van der Waals surface area contributed by atoms with Crippen LogP contribution in [0.2, 0.25) is 0 Å². The first kappa shape index (κ1) is 17.8. The van der Waals surface area contributed by atoms with Crippen LogP contribution in [0.4, 0.5) is 0 Å². The van der Waals surface area contributed by atoms with Crippen LogP contribution in [0, 0.1) is 13.8 Å². The van der Waals surface area contributed by atoms with E-state index in [1.807, 2.05) is 19.9 Å². The minimum Gasteiger partial charge on any atom is -0.376 e. The fourth-order valence-electron chi connectivity index (χ4n) is 3.38. The number of nitrogens with zero attached hydrogens (tertiary/aromatic N) is 3. The summed E-state index contributed by atoms with van der Waals surface area (Å²) in [5.41, 5.74) is 3.13. The Morgan fingerprint density at radius 3 is 2.44 bits per heavy atom. The third kappa shape index (κ3) is 3.14. The minimum atomic E-state index is -0.364. The molecule has 25 heavy (non-hydrogen) atoms. The Hall–Kier alpha value is -1.99. The molecule has 0 unspecified atom stereocenters. The van der Waals surface area contributed by atoms with Gasteiger partial charge in [0, 0.05) is 38.6 Å². The van der Waals surface area contributed by atoms with Crippen LogP contribution >= 0.6 is 12.2 Å². The van der Waals surface area contributed by atoms with Crippen LogP contribution in [0.1, 0.15) is 29.8 Å². The van der Waals surface area contributed by atoms with Crippen molar-refractivity contribution in [1.29, 1.82) is 0 Å². The average molecular weight is 361 g/mol. The number of ether oxygens (including phenoxy) is 1. The van der Waals surface area contributed by atoms with Crippen molar-refractivity contribution in [2.45, 2.75) is 39.3 Å². The van der Waals surface area contributed by atoms with E-state index in [1.54, 1.807) is 20.2 Å². The molecule has 0 aromatic carbocycles. The molecule has 1 aromatic heterocycles. The van der Waals surface area contributed by atoms with Crippen molar-refractivity contribution in [2.75, 3.05) is 20.7 Å². The van der Waals surface area contributed by atoms with Gasteiger partial charge in [-0.1, -0.05) is 0 Å². The molecule has 0 aliphatic carbocycles. The molecular weight excluding hydrogens is 338 g/mol. The lowest BCUT2D eigenvalue weighted by molar-refractivity contribution is -0.132. The minimum absolute atomic E-state index is 0.135. The summed E-state index contributed by atoms with van der Waals surface area (Å²) in [5.74, 6) is -0.728. The smallest absolute Gasteiger partial charge is 0.265 e. The van der Waals surface area contributed by atoms with Gasteiger partial charge in [0.1, 0.15) is 5.57 Å². The molecule has 0 radical (unpaired) electrons. The standard InChI is InChI=1S/C18H23N3O3S/c1-11-8-13(12(2)21(11)10-14-6-5-7-24-14)9-15-16(22)19(3)18(25)20(4)17(15)23/h8-9,14H,5-7,10H2,1-4H3/t14-/m0/s1. The highest BCUT2D eigenvalue weighted by Gasteiger charge is 2.35. The molecule has 0 N–H and O–H groups in total. The Morgan fingerprint density at radius 1 is 1.24 bits per heavy atom. The second-order valence-corrected chi connectivity index (χ2v) is 7.01. The number of hydrogen-bond acceptors (Lipinski definition) is 4. The van der Waals surface area contributed by atoms with E-state index < -0.39 is 0 Å². The quantitative estimate of drug-likeness (QED) is 0.469. The summed E-state index contributed by atoms with van der Waals surface area (Å²) in [7, 11) is 3.17. The maximum absolute atomic E-state index is 12.5. The van der Waals surface area contributed by atoms with Crippen LogP contribution in [0.15, 0.2) is 11.6 Å². The molecule has 1 atom stereocenters. The summed E-state index contributed by atoms with van der Waals surface area (Å²) in [5, 5.41) is 0.219. The molecule has 2 amide bonds. The number of carbonyl (C=O) groups excluding carboxylic acids is 2. The molecule has 1 aromatic rings. The Bertz CT molecular complexity index is 749. The lowest BCUT2D eigenvalue weighted by atomic mass is 10.1. The van der Waals surface area contributed by atoms with E-state index in [0.717, 1.165) is 42.9 Å². The van der Waals surface area contributed by atoms with Crippen LogP contribution in [0.25, 0.3) is 6.08 Å². The van der Waals surface area contributed by atoms with Crippen LogP contribution in [-0.4, -0.2) is 58.1 Å². The first-order valence-electron chi connectivity index (χ1n) is 8.41. The van der Waals surface area contributed by atoms with Crippen molar-refractivity contribution in [3.8, 4) is 0 Å². The van der Waals surface area contributed by atoms with Gasteiger partial charge in [-0.15, -0.1) is 0 Å². The van der Waals surface area contributed by atoms with Gasteiger partial charge in [-0.25, -0.2) is 0 Å². The average Bonchev–Trinajstić information content (AvgIpc) is 3.19. The topological polar surface area (TPSA) is 54.8 Å². The normalized spacial score (nSPS) is 21.5. The highest BCUT2D eigenvalue weighted by atomic mass is 32.1. The van der Waals surface area contributed by atoms with Crippen LogP contribution in [-0.2, 0) is 20.9 Å². The van der Waals surface area contributed by atoms with Gasteiger partial charge in [0.15, 0.2) is 5.11 Å². The number of aryl methyl sites for hydroxylation is 1. The molecule has 2 saturated heterocycles. The molecule has 6 nitrogen and oxygen atoms in total. The van der Waals surface area contributed by atoms with E-state index in [0.29, 0.717) is 0 Å². The van der Waals surface area contributed by atoms with Crippen molar-refractivity contribution in [2.24, 2.45) is 0 Å². The molecule has 0 saturated carbocycles. The predicted molar refractivity (Wildman–Crippen MR) is 99.0 cm³/mol. The third-order valence-corrected chi connectivity index (χ3v) is 5.51. The summed E-state index contributed by atoms with van der Waals surface area (Å²) in [6, 6.07) is 2.00. The number of rotatable bonds is 3. The van der Waals surface area contributed by atoms with E-state index in [2.05, 4.69) is 4.57 Å². The molecule has 3 rings (SSSR count). The number of thiocarbonyl (C=S) groups is 1. The van der Waals surface area contributed by atoms with Gasteiger partial charge in [0.25, 0.3) is 11.8 Å². The van der Waals surface area contributed by atoms with Gasteiger partial charge in [0.2, 0.25) is 0 Å². The number of amides is 2. The second-order valence-electron chi connectivity index (χ2n) is 6.64. The van der Waals surface area contributed by atoms with Crippen molar-refractivity contribution >= 4 is 35.2 Å². The van der Waals surface area contributed by atoms with Crippen molar-refractivity contribution in [1.82, 2.24) is 14.4 Å². The van der Waals surface area contributed by atoms with Gasteiger partial charge >= 0.3 is 0 Å². The zero-order valence-electron chi connectivity index (χ0n) is 15.0. The molecule has 2 aliphatic rings. The maximum atomic E-state index is 12.5. The highest BCUT2D eigenvalue weighted by molar-refractivity contribution is 7.80. The summed E-state index contributed by atoms with van der Waals surface area (Å²) >= 11 is 5.12. The number of carbonyl (C=O) groups is 2. The predicted octanol–water partition coefficient (Wildman–Crippen LogP) is 1.88. The van der Waals surface area contributed by atoms with Crippen LogP contribution < -0.4 is 0 Å². The number of aromatic nitrogens is 1. The van der Waals surface area contributed by atoms with Gasteiger partial charge in [-0.2, -0.15) is 0 Å². The number of hydrogen-bond donors (Lipinski definition) is 0. The third-order valence-electron chi connectivity index (χ3n) is 4.97. The second kappa shape index (κ2) is 6.72. The number of likely N-dealkylation sites (N-methyl/N-ethyl adjacent to an activating group) is 2. The van der Waals surface area contributed by atoms with E-state index in [1.165, 1.54) is 9.80 Å². The molecule has 2 fully saturated rings. The van der Waals surface area contributed by atoms with Crippen molar-refractivity contribution in [3.63, 3.8) is 0 Å². The lowest BCUT2D eigenvalue weighted by Gasteiger charge is -2.31. The van der Waals surface area contributed by atoms with Gasteiger partial charge in [0.05, 0.1) is 6.10 Å². The highest BCUT2D eigenvalue weighted by Crippen LogP contribution is 2.24. The van der Waals surface area contributed by atoms with Gasteiger partial charge < -0.3 is 9.30 Å². The fourth-order valence-corrected chi connectivity index (χ4v) is 3.54. The summed E-state index contributed by atoms with van der Waals surface area (Å²) in [6.45, 7) is 5.65. The van der Waals surface area contributed by atoms with E-state index in [4.69, 9.17) is 17.0 Å². The molecule has 134 valence electrons. The monoisotopic (exact) mass is 361 g/mol. The van der Waals surface area contributed by atoms with Crippen LogP contribution in [0.5, 0.6) is 0 Å². The lowest BCUT2D eigenvalue weighted by Crippen LogP contribution is -2.52. The van der Waals surface area contributed by atoms with Crippen molar-refractivity contribution in [3.05, 3.63) is 28.6 Å².